The van der Waals surface area contributed by atoms with Crippen molar-refractivity contribution in [2.75, 3.05) is 32.1 Å². The first-order valence-corrected chi connectivity index (χ1v) is 7.99. The Balaban J connectivity index is 0.000000307. The topological polar surface area (TPSA) is 89.9 Å². The normalized spacial score (nSPS) is 17.0. The van der Waals surface area contributed by atoms with Crippen LogP contribution in [0.1, 0.15) is 18.4 Å². The minimum Gasteiger partial charge on any atom is -0.478 e. The summed E-state index contributed by atoms with van der Waals surface area (Å²) in [4.78, 5) is 21.3. The smallest absolute Gasteiger partial charge is 0.328 e. The van der Waals surface area contributed by atoms with E-state index >= 15 is 0 Å². The fraction of sp³-hybridized carbons (Fsp3) is 0.444. The monoisotopic (exact) mass is 334 g/mol. The molecular weight excluding hydrogens is 308 g/mol. The number of carboxylic acids is 2. The van der Waals surface area contributed by atoms with E-state index in [4.69, 9.17) is 10.2 Å². The van der Waals surface area contributed by atoms with E-state index in [1.165, 1.54) is 43.6 Å². The molecule has 1 atom stereocenters. The van der Waals surface area contributed by atoms with Gasteiger partial charge in [0.2, 0.25) is 0 Å². The number of hydrogen-bond donors (Lipinski definition) is 3. The van der Waals surface area contributed by atoms with Gasteiger partial charge in [0, 0.05) is 31.9 Å². The van der Waals surface area contributed by atoms with Crippen molar-refractivity contribution >= 4 is 17.6 Å². The van der Waals surface area contributed by atoms with Crippen LogP contribution in [0.25, 0.3) is 0 Å². The lowest BCUT2D eigenvalue weighted by atomic mass is 9.92. The quantitative estimate of drug-likeness (QED) is 0.714. The zero-order valence-corrected chi connectivity index (χ0v) is 14.2. The summed E-state index contributed by atoms with van der Waals surface area (Å²) in [5.41, 5.74) is 2.75. The molecule has 132 valence electrons. The summed E-state index contributed by atoms with van der Waals surface area (Å²) in [7, 11) is 4.17. The van der Waals surface area contributed by atoms with Gasteiger partial charge in [0.05, 0.1) is 0 Å². The molecule has 0 radical (unpaired) electrons. The maximum atomic E-state index is 9.55. The first-order chi connectivity index (χ1) is 11.4. The SMILES string of the molecule is CN(C)c1ccc(CC2CCCNC2)cc1.O=C(O)C=CC(=O)O. The van der Waals surface area contributed by atoms with Gasteiger partial charge in [-0.25, -0.2) is 9.59 Å². The number of rotatable bonds is 5. The van der Waals surface area contributed by atoms with E-state index in [1.54, 1.807) is 0 Å². The zero-order chi connectivity index (χ0) is 17.9. The number of aliphatic carboxylic acids is 2. The van der Waals surface area contributed by atoms with E-state index in [0.29, 0.717) is 12.2 Å². The molecule has 1 aliphatic heterocycles. The molecule has 1 aromatic carbocycles. The van der Waals surface area contributed by atoms with Gasteiger partial charge in [0.1, 0.15) is 0 Å². The number of carbonyl (C=O) groups is 2. The zero-order valence-electron chi connectivity index (χ0n) is 14.2. The van der Waals surface area contributed by atoms with Crippen molar-refractivity contribution in [3.63, 3.8) is 0 Å². The number of piperidine rings is 1. The summed E-state index contributed by atoms with van der Waals surface area (Å²) >= 11 is 0. The minimum absolute atomic E-state index is 0.558. The molecule has 0 aromatic heterocycles. The third-order valence-electron chi connectivity index (χ3n) is 3.74. The van der Waals surface area contributed by atoms with Crippen LogP contribution in [-0.4, -0.2) is 49.3 Å². The van der Waals surface area contributed by atoms with E-state index in [0.717, 1.165) is 5.92 Å². The second-order valence-electron chi connectivity index (χ2n) is 5.99. The second kappa shape index (κ2) is 10.4. The molecule has 3 N–H and O–H groups in total. The summed E-state index contributed by atoms with van der Waals surface area (Å²) < 4.78 is 0. The Morgan fingerprint density at radius 3 is 2.17 bits per heavy atom. The third-order valence-corrected chi connectivity index (χ3v) is 3.74. The molecule has 0 spiro atoms. The molecule has 0 amide bonds. The molecule has 1 unspecified atom stereocenters. The van der Waals surface area contributed by atoms with Crippen LogP contribution in [0, 0.1) is 5.92 Å². The number of nitrogens with zero attached hydrogens (tertiary/aromatic N) is 1. The highest BCUT2D eigenvalue weighted by molar-refractivity contribution is 5.89. The van der Waals surface area contributed by atoms with E-state index in [9.17, 15) is 9.59 Å². The Bertz CT molecular complexity index is 531. The lowest BCUT2D eigenvalue weighted by Crippen LogP contribution is -2.30. The Labute approximate surface area is 142 Å². The average Bonchev–Trinajstić information content (AvgIpc) is 2.55. The molecule has 6 nitrogen and oxygen atoms in total. The summed E-state index contributed by atoms with van der Waals surface area (Å²) in [5, 5.41) is 19.1. The van der Waals surface area contributed by atoms with E-state index in [1.807, 2.05) is 0 Å². The second-order valence-corrected chi connectivity index (χ2v) is 5.99. The molecule has 0 bridgehead atoms. The van der Waals surface area contributed by atoms with E-state index in [-0.39, 0.29) is 0 Å². The molecule has 1 aromatic rings. The summed E-state index contributed by atoms with van der Waals surface area (Å²) in [6, 6.07) is 8.96. The first kappa shape index (κ1) is 19.7. The van der Waals surface area contributed by atoms with Gasteiger partial charge in [-0.05, 0) is 56.0 Å². The van der Waals surface area contributed by atoms with Crippen molar-refractivity contribution in [3.05, 3.63) is 42.0 Å². The van der Waals surface area contributed by atoms with Gasteiger partial charge >= 0.3 is 11.9 Å². The van der Waals surface area contributed by atoms with Gasteiger partial charge in [0.15, 0.2) is 0 Å². The fourth-order valence-electron chi connectivity index (χ4n) is 2.50. The third kappa shape index (κ3) is 8.33. The molecule has 1 aliphatic rings. The van der Waals surface area contributed by atoms with Crippen LogP contribution in [0.3, 0.4) is 0 Å². The Hall–Kier alpha value is -2.34. The van der Waals surface area contributed by atoms with Crippen LogP contribution in [0.5, 0.6) is 0 Å². The van der Waals surface area contributed by atoms with Gasteiger partial charge in [-0.2, -0.15) is 0 Å². The van der Waals surface area contributed by atoms with E-state index < -0.39 is 11.9 Å². The molecule has 1 saturated heterocycles. The number of hydrogen-bond acceptors (Lipinski definition) is 4. The number of nitrogens with one attached hydrogen (secondary N) is 1. The average molecular weight is 334 g/mol. The molecule has 1 heterocycles. The molecule has 24 heavy (non-hydrogen) atoms. The first-order valence-electron chi connectivity index (χ1n) is 7.99. The lowest BCUT2D eigenvalue weighted by molar-refractivity contribution is -0.134. The van der Waals surface area contributed by atoms with Gasteiger partial charge in [-0.15, -0.1) is 0 Å². The number of benzene rings is 1. The van der Waals surface area contributed by atoms with Crippen LogP contribution in [0.4, 0.5) is 5.69 Å². The van der Waals surface area contributed by atoms with Crippen molar-refractivity contribution < 1.29 is 19.8 Å². The van der Waals surface area contributed by atoms with Crippen molar-refractivity contribution in [1.82, 2.24) is 5.32 Å². The number of carboxylic acid groups (broad SMARTS) is 2. The predicted octanol–water partition coefficient (Wildman–Crippen LogP) is 2.01. The van der Waals surface area contributed by atoms with Crippen LogP contribution in [-0.2, 0) is 16.0 Å². The highest BCUT2D eigenvalue weighted by atomic mass is 16.4. The molecular formula is C18H26N2O4. The highest BCUT2D eigenvalue weighted by Crippen LogP contribution is 2.18. The van der Waals surface area contributed by atoms with E-state index in [2.05, 4.69) is 48.6 Å². The molecule has 6 heteroatoms. The van der Waals surface area contributed by atoms with Crippen molar-refractivity contribution in [2.45, 2.75) is 19.3 Å². The van der Waals surface area contributed by atoms with Crippen molar-refractivity contribution in [2.24, 2.45) is 5.92 Å². The Kier molecular flexibility index (Phi) is 8.57. The minimum atomic E-state index is -1.26. The number of anilines is 1. The standard InChI is InChI=1S/C14H22N2.C4H4O4/c1-16(2)14-7-5-12(6-8-14)10-13-4-3-9-15-11-13;5-3(6)1-2-4(7)8/h5-8,13,15H,3-4,9-11H2,1-2H3;1-2H,(H,5,6)(H,7,8). The van der Waals surface area contributed by atoms with Crippen LogP contribution >= 0.6 is 0 Å². The summed E-state index contributed by atoms with van der Waals surface area (Å²) in [6.45, 7) is 2.39. The molecule has 0 aliphatic carbocycles. The van der Waals surface area contributed by atoms with Crippen molar-refractivity contribution in [1.29, 1.82) is 0 Å². The maximum Gasteiger partial charge on any atom is 0.328 e. The van der Waals surface area contributed by atoms with Crippen LogP contribution < -0.4 is 10.2 Å². The van der Waals surface area contributed by atoms with Crippen LogP contribution in [0.2, 0.25) is 0 Å². The molecule has 2 rings (SSSR count). The lowest BCUT2D eigenvalue weighted by Gasteiger charge is -2.23. The Morgan fingerprint density at radius 1 is 1.17 bits per heavy atom. The maximum absolute atomic E-state index is 9.55. The molecule has 0 saturated carbocycles. The largest absolute Gasteiger partial charge is 0.478 e. The van der Waals surface area contributed by atoms with Gasteiger partial charge in [0.25, 0.3) is 0 Å². The fourth-order valence-corrected chi connectivity index (χ4v) is 2.50. The Morgan fingerprint density at radius 2 is 1.75 bits per heavy atom. The predicted molar refractivity (Wildman–Crippen MR) is 94.5 cm³/mol. The molecule has 1 fully saturated rings. The van der Waals surface area contributed by atoms with Gasteiger partial charge in [-0.3, -0.25) is 0 Å². The summed E-state index contributed by atoms with van der Waals surface area (Å²) in [6.07, 6.45) is 5.05. The highest BCUT2D eigenvalue weighted by Gasteiger charge is 2.13. The summed E-state index contributed by atoms with van der Waals surface area (Å²) in [5.74, 6) is -1.68. The van der Waals surface area contributed by atoms with Crippen LogP contribution in [0.15, 0.2) is 36.4 Å². The van der Waals surface area contributed by atoms with Crippen molar-refractivity contribution in [3.8, 4) is 0 Å². The van der Waals surface area contributed by atoms with Gasteiger partial charge in [-0.1, -0.05) is 12.1 Å². The van der Waals surface area contributed by atoms with Gasteiger partial charge < -0.3 is 20.4 Å².